The quantitative estimate of drug-likeness (QED) is 0.791. The lowest BCUT2D eigenvalue weighted by Gasteiger charge is -2.24. The number of carbonyl (C=O) groups excluding carboxylic acids is 1. The molecule has 0 bridgehead atoms. The summed E-state index contributed by atoms with van der Waals surface area (Å²) in [6, 6.07) is 9.89. The van der Waals surface area contributed by atoms with Crippen LogP contribution in [0.3, 0.4) is 0 Å². The number of furan rings is 1. The van der Waals surface area contributed by atoms with Crippen LogP contribution in [0.5, 0.6) is 0 Å². The number of benzene rings is 1. The van der Waals surface area contributed by atoms with Gasteiger partial charge in [0.1, 0.15) is 12.3 Å². The van der Waals surface area contributed by atoms with Crippen molar-refractivity contribution in [2.45, 2.75) is 25.7 Å². The van der Waals surface area contributed by atoms with Crippen molar-refractivity contribution < 1.29 is 22.4 Å². The van der Waals surface area contributed by atoms with Crippen molar-refractivity contribution in [1.82, 2.24) is 10.2 Å². The Morgan fingerprint density at radius 1 is 1.28 bits per heavy atom. The monoisotopic (exact) mass is 374 g/mol. The molecule has 0 radical (unpaired) electrons. The van der Waals surface area contributed by atoms with Crippen LogP contribution in [-0.2, 0) is 11.3 Å². The Morgan fingerprint density at radius 3 is 2.52 bits per heavy atom. The van der Waals surface area contributed by atoms with Gasteiger partial charge in [0, 0.05) is 11.1 Å². The summed E-state index contributed by atoms with van der Waals surface area (Å²) in [5.41, 5.74) is 0.880. The first-order valence-corrected chi connectivity index (χ1v) is 7.98. The molecule has 0 aliphatic heterocycles. The minimum Gasteiger partial charge on any atom is -0.467 e. The van der Waals surface area contributed by atoms with E-state index in [2.05, 4.69) is 5.32 Å². The lowest BCUT2D eigenvalue weighted by Crippen LogP contribution is -2.43. The fourth-order valence-corrected chi connectivity index (χ4v) is 2.39. The minimum absolute atomic E-state index is 0.211. The lowest BCUT2D eigenvalue weighted by molar-refractivity contribution is -0.162. The van der Waals surface area contributed by atoms with Crippen molar-refractivity contribution in [2.24, 2.45) is 0 Å². The van der Waals surface area contributed by atoms with Crippen molar-refractivity contribution in [3.63, 3.8) is 0 Å². The van der Waals surface area contributed by atoms with E-state index in [0.717, 1.165) is 10.5 Å². The number of hydrogen-bond donors (Lipinski definition) is 1. The molecule has 0 spiro atoms. The number of alkyl halides is 3. The standard InChI is InChI=1S/C17H18ClF3N2O2/c1-12(13-4-6-14(18)7-5-13)22-9-16(24)23(11-17(19,20)21)10-15-3-2-8-25-15/h2-8,12,22H,9-11H2,1H3. The van der Waals surface area contributed by atoms with Gasteiger partial charge in [-0.1, -0.05) is 23.7 Å². The van der Waals surface area contributed by atoms with E-state index in [9.17, 15) is 18.0 Å². The molecule has 1 unspecified atom stereocenters. The first-order valence-electron chi connectivity index (χ1n) is 7.60. The molecule has 2 rings (SSSR count). The summed E-state index contributed by atoms with van der Waals surface area (Å²) in [7, 11) is 0. The molecule has 0 aliphatic rings. The van der Waals surface area contributed by atoms with Gasteiger partial charge in [0.05, 0.1) is 19.4 Å². The normalized spacial score (nSPS) is 12.8. The van der Waals surface area contributed by atoms with Crippen LogP contribution in [0, 0.1) is 0 Å². The minimum atomic E-state index is -4.48. The summed E-state index contributed by atoms with van der Waals surface area (Å²) in [6.45, 7) is 0.0314. The van der Waals surface area contributed by atoms with Gasteiger partial charge in [-0.25, -0.2) is 0 Å². The van der Waals surface area contributed by atoms with E-state index < -0.39 is 18.6 Å². The Hall–Kier alpha value is -1.99. The summed E-state index contributed by atoms with van der Waals surface area (Å²) in [4.78, 5) is 13.0. The summed E-state index contributed by atoms with van der Waals surface area (Å²) in [5.74, 6) is -0.363. The largest absolute Gasteiger partial charge is 0.467 e. The Bertz CT molecular complexity index is 672. The highest BCUT2D eigenvalue weighted by Gasteiger charge is 2.33. The molecule has 25 heavy (non-hydrogen) atoms. The smallest absolute Gasteiger partial charge is 0.406 e. The number of nitrogens with zero attached hydrogens (tertiary/aromatic N) is 1. The van der Waals surface area contributed by atoms with Crippen molar-refractivity contribution >= 4 is 17.5 Å². The molecule has 1 amide bonds. The maximum atomic E-state index is 12.7. The summed E-state index contributed by atoms with van der Waals surface area (Å²) in [6.07, 6.45) is -3.13. The fourth-order valence-electron chi connectivity index (χ4n) is 2.26. The van der Waals surface area contributed by atoms with Gasteiger partial charge in [-0.3, -0.25) is 4.79 Å². The van der Waals surface area contributed by atoms with Gasteiger partial charge in [-0.05, 0) is 36.8 Å². The Kier molecular flexibility index (Phi) is 6.50. The molecule has 1 aromatic carbocycles. The molecule has 1 N–H and O–H groups in total. The molecule has 0 fully saturated rings. The van der Waals surface area contributed by atoms with E-state index in [1.165, 1.54) is 12.3 Å². The summed E-state index contributed by atoms with van der Waals surface area (Å²) in [5, 5.41) is 3.52. The third kappa shape index (κ3) is 6.43. The number of amides is 1. The third-order valence-corrected chi connectivity index (χ3v) is 3.83. The molecule has 1 heterocycles. The molecular formula is C17H18ClF3N2O2. The summed E-state index contributed by atoms with van der Waals surface area (Å²) >= 11 is 5.82. The molecule has 4 nitrogen and oxygen atoms in total. The van der Waals surface area contributed by atoms with E-state index in [1.807, 2.05) is 6.92 Å². The van der Waals surface area contributed by atoms with Crippen molar-refractivity contribution in [2.75, 3.05) is 13.1 Å². The third-order valence-electron chi connectivity index (χ3n) is 3.58. The average molecular weight is 375 g/mol. The second kappa shape index (κ2) is 8.40. The molecule has 1 atom stereocenters. The van der Waals surface area contributed by atoms with Crippen LogP contribution >= 0.6 is 11.6 Å². The molecule has 136 valence electrons. The fraction of sp³-hybridized carbons (Fsp3) is 0.353. The van der Waals surface area contributed by atoms with E-state index in [1.54, 1.807) is 30.3 Å². The van der Waals surface area contributed by atoms with E-state index >= 15 is 0 Å². The molecule has 0 saturated carbocycles. The van der Waals surface area contributed by atoms with Gasteiger partial charge in [-0.2, -0.15) is 13.2 Å². The van der Waals surface area contributed by atoms with Crippen LogP contribution in [0.2, 0.25) is 5.02 Å². The second-order valence-corrected chi connectivity index (χ2v) is 6.03. The van der Waals surface area contributed by atoms with E-state index in [0.29, 0.717) is 10.8 Å². The number of halogens is 4. The predicted octanol–water partition coefficient (Wildman–Crippen LogP) is 4.17. The van der Waals surface area contributed by atoms with E-state index in [-0.39, 0.29) is 19.1 Å². The Balaban J connectivity index is 1.97. The molecule has 8 heteroatoms. The number of nitrogens with one attached hydrogen (secondary N) is 1. The van der Waals surface area contributed by atoms with Crippen molar-refractivity contribution in [1.29, 1.82) is 0 Å². The van der Waals surface area contributed by atoms with Crippen molar-refractivity contribution in [3.05, 3.63) is 59.0 Å². The lowest BCUT2D eigenvalue weighted by atomic mass is 10.1. The van der Waals surface area contributed by atoms with Crippen LogP contribution in [0.1, 0.15) is 24.3 Å². The second-order valence-electron chi connectivity index (χ2n) is 5.60. The van der Waals surface area contributed by atoms with Crippen LogP contribution in [0.25, 0.3) is 0 Å². The topological polar surface area (TPSA) is 45.5 Å². The average Bonchev–Trinajstić information content (AvgIpc) is 3.04. The highest BCUT2D eigenvalue weighted by Crippen LogP contribution is 2.19. The van der Waals surface area contributed by atoms with Gasteiger partial charge < -0.3 is 14.6 Å². The van der Waals surface area contributed by atoms with Crippen molar-refractivity contribution in [3.8, 4) is 0 Å². The predicted molar refractivity (Wildman–Crippen MR) is 88.0 cm³/mol. The van der Waals surface area contributed by atoms with Crippen LogP contribution < -0.4 is 5.32 Å². The zero-order valence-electron chi connectivity index (χ0n) is 13.5. The first-order chi connectivity index (χ1) is 11.7. The first kappa shape index (κ1) is 19.3. The maximum absolute atomic E-state index is 12.7. The number of hydrogen-bond acceptors (Lipinski definition) is 3. The molecular weight excluding hydrogens is 357 g/mol. The van der Waals surface area contributed by atoms with E-state index in [4.69, 9.17) is 16.0 Å². The Morgan fingerprint density at radius 2 is 1.96 bits per heavy atom. The Labute approximate surface area is 148 Å². The van der Waals surface area contributed by atoms with Crippen LogP contribution in [0.15, 0.2) is 47.1 Å². The van der Waals surface area contributed by atoms with Gasteiger partial charge in [0.25, 0.3) is 0 Å². The zero-order chi connectivity index (χ0) is 18.4. The highest BCUT2D eigenvalue weighted by atomic mass is 35.5. The highest BCUT2D eigenvalue weighted by molar-refractivity contribution is 6.30. The zero-order valence-corrected chi connectivity index (χ0v) is 14.3. The molecule has 2 aromatic rings. The SMILES string of the molecule is CC(NCC(=O)N(Cc1ccco1)CC(F)(F)F)c1ccc(Cl)cc1. The van der Waals surface area contributed by atoms with Crippen LogP contribution in [-0.4, -0.2) is 30.1 Å². The molecule has 0 saturated heterocycles. The molecule has 0 aliphatic carbocycles. The van der Waals surface area contributed by atoms with Crippen LogP contribution in [0.4, 0.5) is 13.2 Å². The molecule has 1 aromatic heterocycles. The maximum Gasteiger partial charge on any atom is 0.406 e. The number of rotatable bonds is 7. The van der Waals surface area contributed by atoms with Gasteiger partial charge in [-0.15, -0.1) is 0 Å². The number of carbonyl (C=O) groups is 1. The van der Waals surface area contributed by atoms with Gasteiger partial charge in [0.2, 0.25) is 5.91 Å². The van der Waals surface area contributed by atoms with Gasteiger partial charge in [0.15, 0.2) is 0 Å². The summed E-state index contributed by atoms with van der Waals surface area (Å²) < 4.78 is 43.3. The van der Waals surface area contributed by atoms with Gasteiger partial charge >= 0.3 is 6.18 Å².